The third-order valence-electron chi connectivity index (χ3n) is 6.67. The van der Waals surface area contributed by atoms with Gasteiger partial charge in [0.25, 0.3) is 0 Å². The molecular weight excluding hydrogens is 473 g/mol. The van der Waals surface area contributed by atoms with Crippen molar-refractivity contribution in [2.24, 2.45) is 0 Å². The van der Waals surface area contributed by atoms with Gasteiger partial charge in [0.15, 0.2) is 0 Å². The number of hydrogen-bond acceptors (Lipinski definition) is 1. The summed E-state index contributed by atoms with van der Waals surface area (Å²) in [5.41, 5.74) is 4.01. The van der Waals surface area contributed by atoms with Gasteiger partial charge in [-0.15, -0.1) is 0 Å². The molecule has 1 heterocycles. The Morgan fingerprint density at radius 1 is 0.667 bits per heavy atom. The molecule has 1 atom stereocenters. The Balaban J connectivity index is 1.41. The van der Waals surface area contributed by atoms with Crippen molar-refractivity contribution in [2.75, 3.05) is 0 Å². The summed E-state index contributed by atoms with van der Waals surface area (Å²) in [4.78, 5) is 4.98. The largest absolute Gasteiger partial charge is 0.349 e. The summed E-state index contributed by atoms with van der Waals surface area (Å²) >= 11 is 1.82. The second-order valence-corrected chi connectivity index (χ2v) is 12.2. The Bertz CT molecular complexity index is 1370. The summed E-state index contributed by atoms with van der Waals surface area (Å²) in [7, 11) is -0.656. The van der Waals surface area contributed by atoms with Crippen LogP contribution in [0.2, 0.25) is 0 Å². The first-order valence-electron chi connectivity index (χ1n) is 12.3. The van der Waals surface area contributed by atoms with Crippen LogP contribution in [-0.4, -0.2) is 4.98 Å². The zero-order valence-corrected chi connectivity index (χ0v) is 21.8. The second-order valence-electron chi connectivity index (χ2n) is 8.92. The monoisotopic (exact) mass is 500 g/mol. The Labute approximate surface area is 220 Å². The molecule has 1 aliphatic rings. The number of rotatable bonds is 7. The van der Waals surface area contributed by atoms with Gasteiger partial charge in [0.2, 0.25) is 0 Å². The zero-order chi connectivity index (χ0) is 24.3. The molecule has 3 heteroatoms. The van der Waals surface area contributed by atoms with Crippen molar-refractivity contribution >= 4 is 41.2 Å². The van der Waals surface area contributed by atoms with E-state index < -0.39 is 7.92 Å². The maximum atomic E-state index is 3.74. The molecule has 36 heavy (non-hydrogen) atoms. The highest BCUT2D eigenvalue weighted by atomic mass is 32.2. The van der Waals surface area contributed by atoms with Gasteiger partial charge in [-0.05, 0) is 73.4 Å². The zero-order valence-electron chi connectivity index (χ0n) is 20.1. The number of nitrogens with one attached hydrogen (secondary N) is 1. The first-order chi connectivity index (χ1) is 17.8. The summed E-state index contributed by atoms with van der Waals surface area (Å²) in [5, 5.41) is 5.30. The number of hydrogen-bond donors (Lipinski definition) is 1. The molecular formula is C33H27NPS. The summed E-state index contributed by atoms with van der Waals surface area (Å²) in [6, 6.07) is 41.3. The van der Waals surface area contributed by atoms with Gasteiger partial charge in [-0.3, -0.25) is 0 Å². The van der Waals surface area contributed by atoms with Crippen LogP contribution in [0.3, 0.4) is 0 Å². The van der Waals surface area contributed by atoms with E-state index in [1.807, 2.05) is 11.8 Å². The maximum absolute atomic E-state index is 3.74. The number of aromatic nitrogens is 1. The smallest absolute Gasteiger partial charge is 0.0816 e. The summed E-state index contributed by atoms with van der Waals surface area (Å²) < 4.78 is 0. The molecule has 1 aliphatic carbocycles. The van der Waals surface area contributed by atoms with Gasteiger partial charge in [-0.25, -0.2) is 0 Å². The molecule has 1 saturated carbocycles. The molecule has 5 aromatic rings. The fraction of sp³-hybridized carbons (Fsp3) is 0.0606. The first kappa shape index (κ1) is 23.6. The van der Waals surface area contributed by atoms with Crippen molar-refractivity contribution in [1.29, 1.82) is 0 Å². The van der Waals surface area contributed by atoms with Gasteiger partial charge in [-0.2, -0.15) is 0 Å². The van der Waals surface area contributed by atoms with Crippen LogP contribution in [0.4, 0.5) is 0 Å². The van der Waals surface area contributed by atoms with Gasteiger partial charge in [0, 0.05) is 21.5 Å². The number of para-hydroxylation sites is 1. The van der Waals surface area contributed by atoms with Crippen LogP contribution < -0.4 is 10.6 Å². The average molecular weight is 501 g/mol. The lowest BCUT2D eigenvalue weighted by Gasteiger charge is -2.32. The fourth-order valence-electron chi connectivity index (χ4n) is 4.99. The minimum atomic E-state index is -0.656. The molecule has 5 radical (unpaired) electrons. The lowest BCUT2D eigenvalue weighted by Crippen LogP contribution is -2.21. The molecule has 1 aromatic heterocycles. The summed E-state index contributed by atoms with van der Waals surface area (Å²) in [5.74, 6) is 1.66. The highest BCUT2D eigenvalue weighted by Crippen LogP contribution is 2.60. The Hall–Kier alpha value is -2.80. The Morgan fingerprint density at radius 2 is 1.25 bits per heavy atom. The van der Waals surface area contributed by atoms with Crippen molar-refractivity contribution in [3.8, 4) is 0 Å². The molecule has 0 unspecified atom stereocenters. The number of aromatic amines is 1. The molecule has 1 nitrogen and oxygen atoms in total. The van der Waals surface area contributed by atoms with E-state index in [2.05, 4.69) is 146 Å². The van der Waals surface area contributed by atoms with E-state index in [9.17, 15) is 0 Å². The van der Waals surface area contributed by atoms with E-state index in [1.54, 1.807) is 0 Å². The van der Waals surface area contributed by atoms with E-state index in [0.29, 0.717) is 0 Å². The highest BCUT2D eigenvalue weighted by Gasteiger charge is 2.41. The number of H-pyrrole nitrogens is 1. The third kappa shape index (κ3) is 4.65. The van der Waals surface area contributed by atoms with Gasteiger partial charge >= 0.3 is 0 Å². The van der Waals surface area contributed by atoms with Crippen LogP contribution >= 0.6 is 19.7 Å². The maximum Gasteiger partial charge on any atom is 0.0816 e. The van der Waals surface area contributed by atoms with Crippen LogP contribution in [0.5, 0.6) is 0 Å². The van der Waals surface area contributed by atoms with E-state index in [-0.39, 0.29) is 5.92 Å². The van der Waals surface area contributed by atoms with Gasteiger partial charge in [0.1, 0.15) is 0 Å². The predicted octanol–water partition coefficient (Wildman–Crippen LogP) is 8.29. The molecule has 0 amide bonds. The van der Waals surface area contributed by atoms with Gasteiger partial charge in [-0.1, -0.05) is 116 Å². The molecule has 0 saturated heterocycles. The minimum absolute atomic E-state index is 0.245. The topological polar surface area (TPSA) is 15.8 Å². The first-order valence-corrected chi connectivity index (χ1v) is 14.4. The highest BCUT2D eigenvalue weighted by molar-refractivity contribution is 7.99. The van der Waals surface area contributed by atoms with Crippen molar-refractivity contribution in [3.63, 3.8) is 0 Å². The van der Waals surface area contributed by atoms with Crippen molar-refractivity contribution < 1.29 is 0 Å². The van der Waals surface area contributed by atoms with Crippen LogP contribution in [0.25, 0.3) is 10.9 Å². The summed E-state index contributed by atoms with van der Waals surface area (Å²) in [6.45, 7) is 2.37. The van der Waals surface area contributed by atoms with Gasteiger partial charge < -0.3 is 4.98 Å². The van der Waals surface area contributed by atoms with Crippen molar-refractivity contribution in [3.05, 3.63) is 152 Å². The molecule has 1 fully saturated rings. The summed E-state index contributed by atoms with van der Waals surface area (Å²) in [6.07, 6.45) is 6.91. The molecule has 0 aliphatic heterocycles. The van der Waals surface area contributed by atoms with E-state index in [0.717, 1.165) is 0 Å². The normalized spacial score (nSPS) is 15.6. The van der Waals surface area contributed by atoms with E-state index in [4.69, 9.17) is 0 Å². The standard InChI is InChI=1S/C33H27NPS/c1-24(32-29-20-11-12-22-30(29)34-33(32)36-27-18-9-4-10-19-27)28-21-13-23-31(28)35(25-14-5-2-6-15-25)26-16-7-3-8-17-26/h2-24,34H,1H3/t24-/m0/s1. The van der Waals surface area contributed by atoms with Crippen molar-refractivity contribution in [2.45, 2.75) is 22.8 Å². The SMILES string of the molecule is C[C@@H]([C]1[CH][CH][CH][C]1P(c1ccccc1)c1ccccc1)c1c(Sc2ccccc2)[nH]c2ccccc12. The lowest BCUT2D eigenvalue weighted by atomic mass is 9.86. The molecule has 1 N–H and O–H groups in total. The molecule has 6 rings (SSSR count). The molecule has 175 valence electrons. The van der Waals surface area contributed by atoms with Crippen LogP contribution in [0.1, 0.15) is 18.4 Å². The molecule has 4 aromatic carbocycles. The quantitative estimate of drug-likeness (QED) is 0.222. The van der Waals surface area contributed by atoms with E-state index in [1.165, 1.54) is 48.6 Å². The lowest BCUT2D eigenvalue weighted by molar-refractivity contribution is 0.802. The predicted molar refractivity (Wildman–Crippen MR) is 156 cm³/mol. The third-order valence-corrected chi connectivity index (χ3v) is 10.2. The molecule has 0 bridgehead atoms. The molecule has 0 spiro atoms. The van der Waals surface area contributed by atoms with Crippen LogP contribution in [-0.2, 0) is 0 Å². The number of fused-ring (bicyclic) bond motifs is 1. The minimum Gasteiger partial charge on any atom is -0.349 e. The van der Waals surface area contributed by atoms with Crippen LogP contribution in [0, 0.1) is 30.8 Å². The number of benzene rings is 4. The van der Waals surface area contributed by atoms with E-state index >= 15 is 0 Å². The average Bonchev–Trinajstić information content (AvgIpc) is 3.55. The Kier molecular flexibility index (Phi) is 6.99. The van der Waals surface area contributed by atoms with Crippen LogP contribution in [0.15, 0.2) is 125 Å². The Morgan fingerprint density at radius 3 is 1.92 bits per heavy atom. The fourth-order valence-corrected chi connectivity index (χ4v) is 8.63. The van der Waals surface area contributed by atoms with Gasteiger partial charge in [0.05, 0.1) is 5.03 Å². The second kappa shape index (κ2) is 10.7. The van der Waals surface area contributed by atoms with Crippen molar-refractivity contribution in [1.82, 2.24) is 4.98 Å².